The van der Waals surface area contributed by atoms with Crippen molar-refractivity contribution in [3.05, 3.63) is 42.5 Å². The molecule has 0 saturated carbocycles. The zero-order valence-electron chi connectivity index (χ0n) is 22.8. The standard InChI is InChI=1S/C27H34N4O7S/c1-6-37-20-8-10-25(22(18-20)38-7-2)39(32,33)31-14-12-30(13-15-31)26-11-9-21(28-29-26)19-16-23(34-3)27(36-5)24(17-19)35-4/h8-11,16-18H,6-7,12-15H2,1-5H3. The Morgan fingerprint density at radius 2 is 1.44 bits per heavy atom. The van der Waals surface area contributed by atoms with Crippen LogP contribution in [0.5, 0.6) is 28.7 Å². The number of piperazine rings is 1. The summed E-state index contributed by atoms with van der Waals surface area (Å²) in [6, 6.07) is 12.2. The first-order valence-electron chi connectivity index (χ1n) is 12.6. The van der Waals surface area contributed by atoms with Gasteiger partial charge in [-0.3, -0.25) is 0 Å². The molecule has 0 amide bonds. The van der Waals surface area contributed by atoms with E-state index in [4.69, 9.17) is 23.7 Å². The highest BCUT2D eigenvalue weighted by atomic mass is 32.2. The third kappa shape index (κ3) is 5.96. The molecule has 1 fully saturated rings. The van der Waals surface area contributed by atoms with Crippen LogP contribution in [0, 0.1) is 0 Å². The molecule has 1 aliphatic heterocycles. The van der Waals surface area contributed by atoms with Crippen molar-refractivity contribution in [2.75, 3.05) is 65.6 Å². The van der Waals surface area contributed by atoms with Gasteiger partial charge in [-0.2, -0.15) is 4.31 Å². The van der Waals surface area contributed by atoms with Crippen LogP contribution in [0.3, 0.4) is 0 Å². The van der Waals surface area contributed by atoms with E-state index in [2.05, 4.69) is 10.2 Å². The highest BCUT2D eigenvalue weighted by molar-refractivity contribution is 7.89. The number of rotatable bonds is 11. The molecule has 1 aliphatic rings. The Balaban J connectivity index is 1.48. The third-order valence-electron chi connectivity index (χ3n) is 6.32. The van der Waals surface area contributed by atoms with Crippen LogP contribution in [0.2, 0.25) is 0 Å². The highest BCUT2D eigenvalue weighted by Crippen LogP contribution is 2.41. The maximum atomic E-state index is 13.5. The van der Waals surface area contributed by atoms with Gasteiger partial charge in [-0.25, -0.2) is 8.42 Å². The van der Waals surface area contributed by atoms with E-state index in [0.29, 0.717) is 79.7 Å². The summed E-state index contributed by atoms with van der Waals surface area (Å²) in [5.41, 5.74) is 1.40. The van der Waals surface area contributed by atoms with Crippen LogP contribution in [0.4, 0.5) is 5.82 Å². The van der Waals surface area contributed by atoms with Gasteiger partial charge in [0.1, 0.15) is 16.4 Å². The monoisotopic (exact) mass is 558 g/mol. The van der Waals surface area contributed by atoms with Crippen molar-refractivity contribution in [3.63, 3.8) is 0 Å². The number of hydrogen-bond donors (Lipinski definition) is 0. The summed E-state index contributed by atoms with van der Waals surface area (Å²) in [4.78, 5) is 2.15. The fraction of sp³-hybridized carbons (Fsp3) is 0.407. The van der Waals surface area contributed by atoms with Crippen LogP contribution in [-0.4, -0.2) is 83.6 Å². The van der Waals surface area contributed by atoms with Crippen LogP contribution in [0.15, 0.2) is 47.4 Å². The molecule has 0 N–H and O–H groups in total. The van der Waals surface area contributed by atoms with E-state index >= 15 is 0 Å². The SMILES string of the molecule is CCOc1ccc(S(=O)(=O)N2CCN(c3ccc(-c4cc(OC)c(OC)c(OC)c4)nn3)CC2)c(OCC)c1. The van der Waals surface area contributed by atoms with Gasteiger partial charge in [0, 0.05) is 37.8 Å². The maximum Gasteiger partial charge on any atom is 0.246 e. The summed E-state index contributed by atoms with van der Waals surface area (Å²) in [6.07, 6.45) is 0. The Bertz CT molecular complexity index is 1350. The molecule has 39 heavy (non-hydrogen) atoms. The molecule has 210 valence electrons. The van der Waals surface area contributed by atoms with Crippen molar-refractivity contribution in [2.45, 2.75) is 18.7 Å². The number of sulfonamides is 1. The molecule has 1 aromatic heterocycles. The third-order valence-corrected chi connectivity index (χ3v) is 8.26. The quantitative estimate of drug-likeness (QED) is 0.347. The molecule has 11 nitrogen and oxygen atoms in total. The molecule has 0 atom stereocenters. The fourth-order valence-corrected chi connectivity index (χ4v) is 5.93. The number of ether oxygens (including phenoxy) is 5. The van der Waals surface area contributed by atoms with E-state index in [9.17, 15) is 8.42 Å². The lowest BCUT2D eigenvalue weighted by Gasteiger charge is -2.34. The van der Waals surface area contributed by atoms with Gasteiger partial charge in [0.2, 0.25) is 15.8 Å². The van der Waals surface area contributed by atoms with Crippen molar-refractivity contribution < 1.29 is 32.1 Å². The zero-order valence-corrected chi connectivity index (χ0v) is 23.7. The second kappa shape index (κ2) is 12.4. The molecule has 12 heteroatoms. The largest absolute Gasteiger partial charge is 0.494 e. The van der Waals surface area contributed by atoms with Gasteiger partial charge >= 0.3 is 0 Å². The smallest absolute Gasteiger partial charge is 0.246 e. The summed E-state index contributed by atoms with van der Waals surface area (Å²) in [5.74, 6) is 3.07. The molecule has 0 spiro atoms. The Hall–Kier alpha value is -3.77. The molecule has 1 saturated heterocycles. The van der Waals surface area contributed by atoms with E-state index in [1.54, 1.807) is 39.5 Å². The second-order valence-corrected chi connectivity index (χ2v) is 10.5. The summed E-state index contributed by atoms with van der Waals surface area (Å²) in [7, 11) is 0.911. The molecular weight excluding hydrogens is 524 g/mol. The fourth-order valence-electron chi connectivity index (χ4n) is 4.40. The van der Waals surface area contributed by atoms with Crippen molar-refractivity contribution >= 4 is 15.8 Å². The van der Waals surface area contributed by atoms with Crippen molar-refractivity contribution in [2.24, 2.45) is 0 Å². The normalized spacial score (nSPS) is 14.1. The average molecular weight is 559 g/mol. The minimum atomic E-state index is -3.76. The number of anilines is 1. The van der Waals surface area contributed by atoms with Crippen LogP contribution in [0.25, 0.3) is 11.3 Å². The first-order chi connectivity index (χ1) is 18.9. The molecule has 2 heterocycles. The van der Waals surface area contributed by atoms with Gasteiger partial charge < -0.3 is 28.6 Å². The van der Waals surface area contributed by atoms with E-state index in [1.165, 1.54) is 4.31 Å². The van der Waals surface area contributed by atoms with Gasteiger partial charge in [-0.15, -0.1) is 10.2 Å². The van der Waals surface area contributed by atoms with Crippen molar-refractivity contribution in [3.8, 4) is 40.0 Å². The highest BCUT2D eigenvalue weighted by Gasteiger charge is 2.31. The Morgan fingerprint density at radius 1 is 0.769 bits per heavy atom. The number of methoxy groups -OCH3 is 3. The lowest BCUT2D eigenvalue weighted by atomic mass is 10.1. The average Bonchev–Trinajstić information content (AvgIpc) is 2.97. The summed E-state index contributed by atoms with van der Waals surface area (Å²) < 4.78 is 55.8. The molecule has 3 aromatic rings. The van der Waals surface area contributed by atoms with E-state index < -0.39 is 10.0 Å². The molecule has 4 rings (SSSR count). The molecule has 2 aromatic carbocycles. The van der Waals surface area contributed by atoms with Gasteiger partial charge in [0.25, 0.3) is 0 Å². The second-order valence-electron chi connectivity index (χ2n) is 8.56. The van der Waals surface area contributed by atoms with Gasteiger partial charge in [0.15, 0.2) is 17.3 Å². The molecule has 0 unspecified atom stereocenters. The van der Waals surface area contributed by atoms with Crippen molar-refractivity contribution in [1.29, 1.82) is 0 Å². The summed E-state index contributed by atoms with van der Waals surface area (Å²) >= 11 is 0. The van der Waals surface area contributed by atoms with E-state index in [0.717, 1.165) is 5.56 Å². The number of nitrogens with zero attached hydrogens (tertiary/aromatic N) is 4. The first kappa shape index (κ1) is 28.2. The van der Waals surface area contributed by atoms with E-state index in [1.807, 2.05) is 43.0 Å². The van der Waals surface area contributed by atoms with E-state index in [-0.39, 0.29) is 4.90 Å². The predicted molar refractivity (Wildman–Crippen MR) is 147 cm³/mol. The molecular formula is C27H34N4O7S. The molecule has 0 radical (unpaired) electrons. The Morgan fingerprint density at radius 3 is 1.97 bits per heavy atom. The molecule has 0 bridgehead atoms. The van der Waals surface area contributed by atoms with Gasteiger partial charge in [-0.1, -0.05) is 0 Å². The zero-order chi connectivity index (χ0) is 28.0. The number of hydrogen-bond acceptors (Lipinski definition) is 10. The van der Waals surface area contributed by atoms with Crippen LogP contribution >= 0.6 is 0 Å². The topological polar surface area (TPSA) is 113 Å². The van der Waals surface area contributed by atoms with Crippen LogP contribution in [-0.2, 0) is 10.0 Å². The Kier molecular flexibility index (Phi) is 8.97. The summed E-state index contributed by atoms with van der Waals surface area (Å²) in [6.45, 7) is 6.06. The van der Waals surface area contributed by atoms with Crippen LogP contribution < -0.4 is 28.6 Å². The lowest BCUT2D eigenvalue weighted by Crippen LogP contribution is -2.49. The van der Waals surface area contributed by atoms with Gasteiger partial charge in [-0.05, 0) is 50.2 Å². The molecule has 0 aliphatic carbocycles. The van der Waals surface area contributed by atoms with Crippen molar-refractivity contribution in [1.82, 2.24) is 14.5 Å². The number of aromatic nitrogens is 2. The summed E-state index contributed by atoms with van der Waals surface area (Å²) in [5, 5.41) is 8.80. The minimum absolute atomic E-state index is 0.135. The lowest BCUT2D eigenvalue weighted by molar-refractivity contribution is 0.314. The Labute approximate surface area is 229 Å². The minimum Gasteiger partial charge on any atom is -0.494 e. The first-order valence-corrected chi connectivity index (χ1v) is 14.1. The number of benzene rings is 2. The maximum absolute atomic E-state index is 13.5. The van der Waals surface area contributed by atoms with Crippen LogP contribution in [0.1, 0.15) is 13.8 Å². The predicted octanol–water partition coefficient (Wildman–Crippen LogP) is 3.48. The van der Waals surface area contributed by atoms with Gasteiger partial charge in [0.05, 0.1) is 40.2 Å².